The minimum atomic E-state index is -0.405. The predicted molar refractivity (Wildman–Crippen MR) is 120 cm³/mol. The Bertz CT molecular complexity index is 563. The van der Waals surface area contributed by atoms with Crippen LogP contribution < -0.4 is 0 Å². The summed E-state index contributed by atoms with van der Waals surface area (Å²) in [5.74, 6) is -0.782. The lowest BCUT2D eigenvalue weighted by Crippen LogP contribution is -2.08. The molecule has 0 saturated heterocycles. The lowest BCUT2D eigenvalue weighted by Gasteiger charge is -2.03. The Morgan fingerprint density at radius 3 is 2.07 bits per heavy atom. The molecule has 0 amide bonds. The van der Waals surface area contributed by atoms with Gasteiger partial charge in [-0.2, -0.15) is 0 Å². The molecule has 0 unspecified atom stereocenters. The number of carbonyl (C=O) groups is 2. The Hall–Kier alpha value is -2.10. The van der Waals surface area contributed by atoms with Gasteiger partial charge in [-0.05, 0) is 78.4 Å². The molecule has 0 aliphatic heterocycles. The van der Waals surface area contributed by atoms with E-state index >= 15 is 0 Å². The van der Waals surface area contributed by atoms with Crippen LogP contribution in [0.15, 0.2) is 47.8 Å². The second-order valence-corrected chi connectivity index (χ2v) is 7.48. The predicted octanol–water partition coefficient (Wildman–Crippen LogP) is 6.98. The van der Waals surface area contributed by atoms with Gasteiger partial charge in [0, 0.05) is 0 Å². The highest BCUT2D eigenvalue weighted by Gasteiger charge is 2.07. The monoisotopic (exact) mass is 404 g/mol. The van der Waals surface area contributed by atoms with E-state index in [2.05, 4.69) is 32.1 Å². The molecular weight excluding hydrogens is 364 g/mol. The van der Waals surface area contributed by atoms with Crippen molar-refractivity contribution in [1.29, 1.82) is 0 Å². The molecule has 0 heterocycles. The van der Waals surface area contributed by atoms with Gasteiger partial charge in [-0.25, -0.2) is 0 Å². The SMILES string of the molecule is C/C=C/CCCCCC/C=C/OC(=O)CCC(=O)OC/C=C(\C)CCC=C(C)C. The van der Waals surface area contributed by atoms with Crippen LogP contribution in [0.4, 0.5) is 0 Å². The zero-order chi connectivity index (χ0) is 21.7. The van der Waals surface area contributed by atoms with Gasteiger partial charge in [0.05, 0.1) is 19.1 Å². The van der Waals surface area contributed by atoms with Crippen molar-refractivity contribution in [2.75, 3.05) is 6.61 Å². The number of hydrogen-bond donors (Lipinski definition) is 0. The van der Waals surface area contributed by atoms with Gasteiger partial charge in [0.1, 0.15) is 6.61 Å². The van der Waals surface area contributed by atoms with E-state index in [1.165, 1.54) is 36.7 Å². The molecule has 4 heteroatoms. The molecule has 0 spiro atoms. The van der Waals surface area contributed by atoms with Crippen LogP contribution in [-0.2, 0) is 19.1 Å². The second kappa shape index (κ2) is 19.2. The number of allylic oxidation sites excluding steroid dienone is 6. The topological polar surface area (TPSA) is 52.6 Å². The van der Waals surface area contributed by atoms with Crippen molar-refractivity contribution in [3.63, 3.8) is 0 Å². The zero-order valence-electron chi connectivity index (χ0n) is 18.9. The average molecular weight is 405 g/mol. The van der Waals surface area contributed by atoms with Crippen molar-refractivity contribution in [2.45, 2.75) is 91.9 Å². The fraction of sp³-hybridized carbons (Fsp3) is 0.600. The molecule has 0 aliphatic carbocycles. The molecular formula is C25H40O4. The highest BCUT2D eigenvalue weighted by molar-refractivity contribution is 5.77. The molecule has 0 rings (SSSR count). The minimum absolute atomic E-state index is 0.0391. The minimum Gasteiger partial charge on any atom is -0.461 e. The largest absolute Gasteiger partial charge is 0.461 e. The smallest absolute Gasteiger partial charge is 0.311 e. The molecule has 164 valence electrons. The third-order valence-corrected chi connectivity index (χ3v) is 4.32. The van der Waals surface area contributed by atoms with Gasteiger partial charge >= 0.3 is 11.9 Å². The lowest BCUT2D eigenvalue weighted by atomic mass is 10.1. The first-order chi connectivity index (χ1) is 14.0. The Labute approximate surface area is 177 Å². The molecule has 29 heavy (non-hydrogen) atoms. The van der Waals surface area contributed by atoms with E-state index in [1.807, 2.05) is 26.0 Å². The summed E-state index contributed by atoms with van der Waals surface area (Å²) in [4.78, 5) is 23.3. The maximum atomic E-state index is 11.7. The summed E-state index contributed by atoms with van der Waals surface area (Å²) in [6.07, 6.45) is 20.5. The Morgan fingerprint density at radius 2 is 1.41 bits per heavy atom. The summed E-state index contributed by atoms with van der Waals surface area (Å²) >= 11 is 0. The summed E-state index contributed by atoms with van der Waals surface area (Å²) in [6.45, 7) is 8.48. The van der Waals surface area contributed by atoms with Crippen LogP contribution in [0.2, 0.25) is 0 Å². The zero-order valence-corrected chi connectivity index (χ0v) is 18.9. The molecule has 0 radical (unpaired) electrons. The normalized spacial score (nSPS) is 11.8. The molecule has 0 aromatic rings. The Morgan fingerprint density at radius 1 is 0.759 bits per heavy atom. The summed E-state index contributed by atoms with van der Waals surface area (Å²) in [6, 6.07) is 0. The summed E-state index contributed by atoms with van der Waals surface area (Å²) in [5.41, 5.74) is 2.50. The molecule has 0 aromatic heterocycles. The highest BCUT2D eigenvalue weighted by Crippen LogP contribution is 2.08. The lowest BCUT2D eigenvalue weighted by molar-refractivity contribution is -0.147. The third kappa shape index (κ3) is 20.4. The maximum absolute atomic E-state index is 11.7. The van der Waals surface area contributed by atoms with E-state index in [1.54, 1.807) is 0 Å². The molecule has 0 aliphatic rings. The van der Waals surface area contributed by atoms with Crippen molar-refractivity contribution < 1.29 is 19.1 Å². The molecule has 0 fully saturated rings. The number of ether oxygens (including phenoxy) is 2. The van der Waals surface area contributed by atoms with Crippen LogP contribution in [0.25, 0.3) is 0 Å². The van der Waals surface area contributed by atoms with E-state index in [0.29, 0.717) is 0 Å². The number of hydrogen-bond acceptors (Lipinski definition) is 4. The van der Waals surface area contributed by atoms with Crippen molar-refractivity contribution in [1.82, 2.24) is 0 Å². The summed E-state index contributed by atoms with van der Waals surface area (Å²) in [5, 5.41) is 0. The molecule has 0 aromatic carbocycles. The van der Waals surface area contributed by atoms with Crippen molar-refractivity contribution in [3.8, 4) is 0 Å². The average Bonchev–Trinajstić information content (AvgIpc) is 2.67. The number of esters is 2. The van der Waals surface area contributed by atoms with Gasteiger partial charge in [-0.1, -0.05) is 42.2 Å². The van der Waals surface area contributed by atoms with Crippen molar-refractivity contribution >= 4 is 11.9 Å². The van der Waals surface area contributed by atoms with Gasteiger partial charge in [-0.3, -0.25) is 9.59 Å². The molecule has 0 N–H and O–H groups in total. The first kappa shape index (κ1) is 26.9. The number of rotatable bonds is 16. The van der Waals surface area contributed by atoms with Crippen LogP contribution in [0.5, 0.6) is 0 Å². The molecule has 0 bridgehead atoms. The molecule has 4 nitrogen and oxygen atoms in total. The maximum Gasteiger partial charge on any atom is 0.311 e. The van der Waals surface area contributed by atoms with Gasteiger partial charge in [0.15, 0.2) is 0 Å². The standard InChI is InChI=1S/C25H40O4/c1-5-6-7-8-9-10-11-12-13-20-28-24(26)17-18-25(27)29-21-19-23(4)16-14-15-22(2)3/h5-6,13,15,19-20H,7-12,14,16-18,21H2,1-4H3/b6-5+,20-13+,23-19+. The van der Waals surface area contributed by atoms with Gasteiger partial charge in [0.2, 0.25) is 0 Å². The Balaban J connectivity index is 3.70. The van der Waals surface area contributed by atoms with E-state index in [0.717, 1.165) is 32.1 Å². The second-order valence-electron chi connectivity index (χ2n) is 7.48. The highest BCUT2D eigenvalue weighted by atomic mass is 16.5. The summed E-state index contributed by atoms with van der Waals surface area (Å²) in [7, 11) is 0. The molecule has 0 atom stereocenters. The quantitative estimate of drug-likeness (QED) is 0.121. The van der Waals surface area contributed by atoms with Gasteiger partial charge in [-0.15, -0.1) is 0 Å². The fourth-order valence-electron chi connectivity index (χ4n) is 2.54. The third-order valence-electron chi connectivity index (χ3n) is 4.32. The van der Waals surface area contributed by atoms with Crippen molar-refractivity contribution in [3.05, 3.63) is 47.8 Å². The fourth-order valence-corrected chi connectivity index (χ4v) is 2.54. The van der Waals surface area contributed by atoms with Gasteiger partial charge < -0.3 is 9.47 Å². The van der Waals surface area contributed by atoms with Crippen LogP contribution >= 0.6 is 0 Å². The van der Waals surface area contributed by atoms with E-state index in [9.17, 15) is 9.59 Å². The van der Waals surface area contributed by atoms with E-state index in [4.69, 9.17) is 9.47 Å². The summed E-state index contributed by atoms with van der Waals surface area (Å²) < 4.78 is 10.1. The van der Waals surface area contributed by atoms with E-state index < -0.39 is 5.97 Å². The van der Waals surface area contributed by atoms with Crippen LogP contribution in [0, 0.1) is 0 Å². The number of carbonyl (C=O) groups excluding carboxylic acids is 2. The number of unbranched alkanes of at least 4 members (excludes halogenated alkanes) is 5. The van der Waals surface area contributed by atoms with Crippen LogP contribution in [0.3, 0.4) is 0 Å². The van der Waals surface area contributed by atoms with Gasteiger partial charge in [0.25, 0.3) is 0 Å². The first-order valence-corrected chi connectivity index (χ1v) is 10.9. The van der Waals surface area contributed by atoms with Crippen LogP contribution in [0.1, 0.15) is 91.9 Å². The molecule has 0 saturated carbocycles. The van der Waals surface area contributed by atoms with E-state index in [-0.39, 0.29) is 25.4 Å². The van der Waals surface area contributed by atoms with Crippen molar-refractivity contribution in [2.24, 2.45) is 0 Å². The van der Waals surface area contributed by atoms with Crippen LogP contribution in [-0.4, -0.2) is 18.5 Å². The Kier molecular flexibility index (Phi) is 17.8. The first-order valence-electron chi connectivity index (χ1n) is 10.9.